The number of carbonyl (C=O) groups excluding carboxylic acids is 1. The van der Waals surface area contributed by atoms with Gasteiger partial charge in [0, 0.05) is 25.3 Å². The number of benzene rings is 1. The Kier molecular flexibility index (Phi) is 5.20. The van der Waals surface area contributed by atoms with Crippen LogP contribution >= 0.6 is 0 Å². The summed E-state index contributed by atoms with van der Waals surface area (Å²) >= 11 is 0. The lowest BCUT2D eigenvalue weighted by Crippen LogP contribution is -2.39. The van der Waals surface area contributed by atoms with E-state index in [-0.39, 0.29) is 24.2 Å². The molecule has 0 radical (unpaired) electrons. The van der Waals surface area contributed by atoms with Gasteiger partial charge in [0.15, 0.2) is 0 Å². The van der Waals surface area contributed by atoms with Gasteiger partial charge in [-0.05, 0) is 26.3 Å². The summed E-state index contributed by atoms with van der Waals surface area (Å²) in [5.74, 6) is 0.912. The van der Waals surface area contributed by atoms with Gasteiger partial charge in [0.1, 0.15) is 11.9 Å². The Hall–Kier alpha value is -1.59. The first-order valence-corrected chi connectivity index (χ1v) is 7.30. The molecule has 0 aliphatic carbocycles. The second-order valence-electron chi connectivity index (χ2n) is 5.41. The van der Waals surface area contributed by atoms with E-state index >= 15 is 0 Å². The van der Waals surface area contributed by atoms with Crippen molar-refractivity contribution in [3.8, 4) is 5.75 Å². The number of ether oxygens (including phenoxy) is 2. The minimum Gasteiger partial charge on any atom is -0.496 e. The SMILES string of the molecule is COCCC(C)N1C(=O)C(C)NC1c1ccccc1OC. The minimum absolute atomic E-state index is 0.102. The van der Waals surface area contributed by atoms with E-state index in [1.165, 1.54) is 0 Å². The highest BCUT2D eigenvalue weighted by Crippen LogP contribution is 2.33. The van der Waals surface area contributed by atoms with Crippen LogP contribution in [0.4, 0.5) is 0 Å². The van der Waals surface area contributed by atoms with E-state index in [2.05, 4.69) is 12.2 Å². The van der Waals surface area contributed by atoms with Gasteiger partial charge < -0.3 is 14.4 Å². The average molecular weight is 292 g/mol. The molecule has 3 unspecified atom stereocenters. The molecule has 5 heteroatoms. The molecule has 116 valence electrons. The van der Waals surface area contributed by atoms with Crippen molar-refractivity contribution in [2.45, 2.75) is 38.5 Å². The number of para-hydroxylation sites is 1. The molecule has 1 aromatic carbocycles. The number of methoxy groups -OCH3 is 2. The van der Waals surface area contributed by atoms with E-state index in [0.29, 0.717) is 6.61 Å². The van der Waals surface area contributed by atoms with Gasteiger partial charge in [-0.2, -0.15) is 0 Å². The molecule has 2 rings (SSSR count). The maximum absolute atomic E-state index is 12.5. The van der Waals surface area contributed by atoms with Crippen LogP contribution < -0.4 is 10.1 Å². The molecule has 1 N–H and O–H groups in total. The van der Waals surface area contributed by atoms with Crippen molar-refractivity contribution in [3.05, 3.63) is 29.8 Å². The maximum Gasteiger partial charge on any atom is 0.241 e. The molecule has 1 aliphatic rings. The average Bonchev–Trinajstić information content (AvgIpc) is 2.80. The summed E-state index contributed by atoms with van der Waals surface area (Å²) in [6.07, 6.45) is 0.651. The van der Waals surface area contributed by atoms with Crippen LogP contribution in [0.2, 0.25) is 0 Å². The van der Waals surface area contributed by atoms with E-state index in [0.717, 1.165) is 17.7 Å². The topological polar surface area (TPSA) is 50.8 Å². The second-order valence-corrected chi connectivity index (χ2v) is 5.41. The maximum atomic E-state index is 12.5. The van der Waals surface area contributed by atoms with Crippen LogP contribution in [0.1, 0.15) is 32.0 Å². The molecule has 1 aromatic rings. The first-order valence-electron chi connectivity index (χ1n) is 7.30. The highest BCUT2D eigenvalue weighted by atomic mass is 16.5. The number of hydrogen-bond acceptors (Lipinski definition) is 4. The standard InChI is InChI=1S/C16H24N2O3/c1-11(9-10-20-3)18-15(17-12(2)16(18)19)13-7-5-6-8-14(13)21-4/h5-8,11-12,15,17H,9-10H2,1-4H3. The van der Waals surface area contributed by atoms with Gasteiger partial charge in [-0.15, -0.1) is 0 Å². The molecule has 1 amide bonds. The fourth-order valence-electron chi connectivity index (χ4n) is 2.77. The molecule has 1 saturated heterocycles. The van der Waals surface area contributed by atoms with Crippen molar-refractivity contribution in [1.29, 1.82) is 0 Å². The Bertz CT molecular complexity index is 492. The van der Waals surface area contributed by atoms with Crippen molar-refractivity contribution in [2.75, 3.05) is 20.8 Å². The van der Waals surface area contributed by atoms with E-state index in [9.17, 15) is 4.79 Å². The molecule has 1 heterocycles. The fraction of sp³-hybridized carbons (Fsp3) is 0.562. The Morgan fingerprint density at radius 2 is 2.05 bits per heavy atom. The van der Waals surface area contributed by atoms with Crippen LogP contribution in [0, 0.1) is 0 Å². The number of rotatable bonds is 6. The largest absolute Gasteiger partial charge is 0.496 e. The number of nitrogens with zero attached hydrogens (tertiary/aromatic N) is 1. The Balaban J connectivity index is 2.29. The van der Waals surface area contributed by atoms with Gasteiger partial charge in [0.2, 0.25) is 5.91 Å². The molecule has 5 nitrogen and oxygen atoms in total. The summed E-state index contributed by atoms with van der Waals surface area (Å²) in [5, 5.41) is 3.36. The van der Waals surface area contributed by atoms with Crippen molar-refractivity contribution < 1.29 is 14.3 Å². The first-order chi connectivity index (χ1) is 10.1. The molecule has 3 atom stereocenters. The minimum atomic E-state index is -0.190. The van der Waals surface area contributed by atoms with Crippen molar-refractivity contribution in [2.24, 2.45) is 0 Å². The number of carbonyl (C=O) groups is 1. The molecular formula is C16H24N2O3. The third-order valence-electron chi connectivity index (χ3n) is 3.96. The van der Waals surface area contributed by atoms with E-state index in [1.54, 1.807) is 14.2 Å². The third-order valence-corrected chi connectivity index (χ3v) is 3.96. The molecule has 0 spiro atoms. The quantitative estimate of drug-likeness (QED) is 0.870. The molecule has 0 saturated carbocycles. The summed E-state index contributed by atoms with van der Waals surface area (Å²) in [7, 11) is 3.33. The molecule has 1 fully saturated rings. The van der Waals surface area contributed by atoms with Gasteiger partial charge in [-0.1, -0.05) is 18.2 Å². The predicted molar refractivity (Wildman–Crippen MR) is 81.1 cm³/mol. The zero-order valence-corrected chi connectivity index (χ0v) is 13.1. The summed E-state index contributed by atoms with van der Waals surface area (Å²) in [6, 6.07) is 7.72. The zero-order chi connectivity index (χ0) is 15.4. The van der Waals surface area contributed by atoms with Crippen LogP contribution in [0.25, 0.3) is 0 Å². The van der Waals surface area contributed by atoms with Crippen molar-refractivity contribution in [3.63, 3.8) is 0 Å². The lowest BCUT2D eigenvalue weighted by molar-refractivity contribution is -0.132. The van der Waals surface area contributed by atoms with Crippen molar-refractivity contribution >= 4 is 5.91 Å². The van der Waals surface area contributed by atoms with Gasteiger partial charge in [0.25, 0.3) is 0 Å². The highest BCUT2D eigenvalue weighted by molar-refractivity contribution is 5.84. The van der Waals surface area contributed by atoms with E-state index < -0.39 is 0 Å². The number of amides is 1. The molecule has 0 aromatic heterocycles. The predicted octanol–water partition coefficient (Wildman–Crippen LogP) is 1.94. The lowest BCUT2D eigenvalue weighted by atomic mass is 10.1. The molecule has 0 bridgehead atoms. The smallest absolute Gasteiger partial charge is 0.241 e. The van der Waals surface area contributed by atoms with E-state index in [4.69, 9.17) is 9.47 Å². The molecule has 1 aliphatic heterocycles. The lowest BCUT2D eigenvalue weighted by Gasteiger charge is -2.31. The molecular weight excluding hydrogens is 268 g/mol. The summed E-state index contributed by atoms with van der Waals surface area (Å²) in [6.45, 7) is 4.59. The summed E-state index contributed by atoms with van der Waals surface area (Å²) < 4.78 is 10.6. The van der Waals surface area contributed by atoms with Gasteiger partial charge in [-0.3, -0.25) is 10.1 Å². The zero-order valence-electron chi connectivity index (χ0n) is 13.1. The van der Waals surface area contributed by atoms with E-state index in [1.807, 2.05) is 36.1 Å². The number of nitrogens with one attached hydrogen (secondary N) is 1. The van der Waals surface area contributed by atoms with Gasteiger partial charge in [0.05, 0.1) is 13.2 Å². The normalized spacial score (nSPS) is 23.4. The van der Waals surface area contributed by atoms with Crippen LogP contribution in [-0.2, 0) is 9.53 Å². The monoisotopic (exact) mass is 292 g/mol. The first kappa shape index (κ1) is 15.8. The van der Waals surface area contributed by atoms with Crippen LogP contribution in [0.3, 0.4) is 0 Å². The third kappa shape index (κ3) is 3.19. The highest BCUT2D eigenvalue weighted by Gasteiger charge is 2.40. The van der Waals surface area contributed by atoms with Crippen molar-refractivity contribution in [1.82, 2.24) is 10.2 Å². The fourth-order valence-corrected chi connectivity index (χ4v) is 2.77. The van der Waals surface area contributed by atoms with Crippen LogP contribution in [0.15, 0.2) is 24.3 Å². The van der Waals surface area contributed by atoms with Crippen LogP contribution in [-0.4, -0.2) is 43.7 Å². The van der Waals surface area contributed by atoms with Crippen LogP contribution in [0.5, 0.6) is 5.75 Å². The molecule has 21 heavy (non-hydrogen) atoms. The van der Waals surface area contributed by atoms with Gasteiger partial charge >= 0.3 is 0 Å². The number of hydrogen-bond donors (Lipinski definition) is 1. The Labute approximate surface area is 126 Å². The second kappa shape index (κ2) is 6.91. The Morgan fingerprint density at radius 3 is 2.71 bits per heavy atom. The summed E-state index contributed by atoms with van der Waals surface area (Å²) in [4.78, 5) is 14.4. The Morgan fingerprint density at radius 1 is 1.33 bits per heavy atom. The summed E-state index contributed by atoms with van der Waals surface area (Å²) in [5.41, 5.74) is 0.988. The van der Waals surface area contributed by atoms with Gasteiger partial charge in [-0.25, -0.2) is 0 Å².